The number of carboxylic acid groups (broad SMARTS) is 1. The molecular formula is C18H20N2O5. The predicted molar refractivity (Wildman–Crippen MR) is 92.4 cm³/mol. The third kappa shape index (κ3) is 5.02. The standard InChI is InChI=1S/C18H20N2O5/c1-18(2,17(21)22)25-15-9-7-13(8-10-15)11-19-12-14-5-3-4-6-16(14)20(23)24/h3-10,19H,11-12H2,1-2H3,(H,21,22). The summed E-state index contributed by atoms with van der Waals surface area (Å²) in [6, 6.07) is 13.6. The van der Waals surface area contributed by atoms with Crippen LogP contribution in [0.4, 0.5) is 5.69 Å². The van der Waals surface area contributed by atoms with Crippen molar-refractivity contribution >= 4 is 11.7 Å². The Morgan fingerprint density at radius 3 is 2.40 bits per heavy atom. The van der Waals surface area contributed by atoms with Crippen molar-refractivity contribution in [1.82, 2.24) is 5.32 Å². The van der Waals surface area contributed by atoms with Crippen LogP contribution in [-0.2, 0) is 17.9 Å². The topological polar surface area (TPSA) is 102 Å². The molecule has 0 amide bonds. The van der Waals surface area contributed by atoms with Gasteiger partial charge in [-0.25, -0.2) is 4.79 Å². The largest absolute Gasteiger partial charge is 0.478 e. The molecule has 2 aromatic carbocycles. The summed E-state index contributed by atoms with van der Waals surface area (Å²) in [4.78, 5) is 21.6. The molecule has 0 saturated carbocycles. The van der Waals surface area contributed by atoms with Crippen LogP contribution in [0.3, 0.4) is 0 Å². The van der Waals surface area contributed by atoms with Gasteiger partial charge < -0.3 is 15.2 Å². The molecule has 132 valence electrons. The molecule has 0 aliphatic rings. The second kappa shape index (κ2) is 7.76. The number of aliphatic carboxylic acids is 1. The van der Waals surface area contributed by atoms with E-state index < -0.39 is 16.5 Å². The van der Waals surface area contributed by atoms with Gasteiger partial charge >= 0.3 is 5.97 Å². The molecule has 25 heavy (non-hydrogen) atoms. The van der Waals surface area contributed by atoms with Crippen molar-refractivity contribution in [2.45, 2.75) is 32.5 Å². The molecule has 0 atom stereocenters. The van der Waals surface area contributed by atoms with Crippen LogP contribution < -0.4 is 10.1 Å². The molecular weight excluding hydrogens is 324 g/mol. The number of carboxylic acids is 1. The first-order valence-electron chi connectivity index (χ1n) is 7.74. The van der Waals surface area contributed by atoms with Crippen LogP contribution in [0.1, 0.15) is 25.0 Å². The molecule has 0 heterocycles. The van der Waals surface area contributed by atoms with Gasteiger partial charge in [-0.05, 0) is 31.5 Å². The summed E-state index contributed by atoms with van der Waals surface area (Å²) in [6.45, 7) is 3.87. The summed E-state index contributed by atoms with van der Waals surface area (Å²) in [6.07, 6.45) is 0. The predicted octanol–water partition coefficient (Wildman–Crippen LogP) is 3.13. The Labute approximate surface area is 145 Å². The Hall–Kier alpha value is -2.93. The maximum atomic E-state index is 11.1. The number of hydrogen-bond donors (Lipinski definition) is 2. The number of nitro benzene ring substituents is 1. The van der Waals surface area contributed by atoms with Gasteiger partial charge in [0, 0.05) is 24.7 Å². The number of carbonyl (C=O) groups is 1. The lowest BCUT2D eigenvalue weighted by Gasteiger charge is -2.21. The zero-order valence-corrected chi connectivity index (χ0v) is 14.1. The van der Waals surface area contributed by atoms with Crippen LogP contribution in [0.2, 0.25) is 0 Å². The molecule has 0 saturated heterocycles. The average Bonchev–Trinajstić information content (AvgIpc) is 2.56. The van der Waals surface area contributed by atoms with E-state index in [1.165, 1.54) is 19.9 Å². The monoisotopic (exact) mass is 344 g/mol. The minimum absolute atomic E-state index is 0.0923. The SMILES string of the molecule is CC(C)(Oc1ccc(CNCc2ccccc2[N+](=O)[O-])cc1)C(=O)O. The van der Waals surface area contributed by atoms with E-state index in [1.54, 1.807) is 30.3 Å². The fraction of sp³-hybridized carbons (Fsp3) is 0.278. The summed E-state index contributed by atoms with van der Waals surface area (Å²) >= 11 is 0. The zero-order chi connectivity index (χ0) is 18.4. The number of ether oxygens (including phenoxy) is 1. The van der Waals surface area contributed by atoms with Crippen molar-refractivity contribution in [3.8, 4) is 5.75 Å². The number of benzene rings is 2. The Morgan fingerprint density at radius 2 is 1.80 bits per heavy atom. The maximum Gasteiger partial charge on any atom is 0.347 e. The first kappa shape index (κ1) is 18.4. The van der Waals surface area contributed by atoms with E-state index in [9.17, 15) is 14.9 Å². The van der Waals surface area contributed by atoms with Gasteiger partial charge in [0.15, 0.2) is 5.60 Å². The minimum atomic E-state index is -1.30. The number of hydrogen-bond acceptors (Lipinski definition) is 5. The highest BCUT2D eigenvalue weighted by atomic mass is 16.6. The molecule has 7 nitrogen and oxygen atoms in total. The molecule has 0 radical (unpaired) electrons. The third-order valence-corrected chi connectivity index (χ3v) is 3.64. The summed E-state index contributed by atoms with van der Waals surface area (Å²) in [5.41, 5.74) is 0.371. The molecule has 0 aliphatic carbocycles. The molecule has 0 aromatic heterocycles. The number of rotatable bonds is 8. The number of nitro groups is 1. The van der Waals surface area contributed by atoms with Crippen molar-refractivity contribution in [2.24, 2.45) is 0 Å². The van der Waals surface area contributed by atoms with Crippen molar-refractivity contribution in [1.29, 1.82) is 0 Å². The molecule has 0 spiro atoms. The van der Waals surface area contributed by atoms with Crippen molar-refractivity contribution in [3.05, 3.63) is 69.8 Å². The fourth-order valence-electron chi connectivity index (χ4n) is 2.19. The maximum absolute atomic E-state index is 11.1. The van der Waals surface area contributed by atoms with Gasteiger partial charge in [-0.15, -0.1) is 0 Å². The highest BCUT2D eigenvalue weighted by Crippen LogP contribution is 2.20. The molecule has 0 aliphatic heterocycles. The highest BCUT2D eigenvalue weighted by molar-refractivity contribution is 5.76. The van der Waals surface area contributed by atoms with Crippen molar-refractivity contribution in [3.63, 3.8) is 0 Å². The van der Waals surface area contributed by atoms with Gasteiger partial charge in [-0.2, -0.15) is 0 Å². The van der Waals surface area contributed by atoms with Gasteiger partial charge in [0.25, 0.3) is 5.69 Å². The van der Waals surface area contributed by atoms with Gasteiger partial charge in [-0.1, -0.05) is 30.3 Å². The van der Waals surface area contributed by atoms with Gasteiger partial charge in [0.2, 0.25) is 0 Å². The van der Waals surface area contributed by atoms with Crippen molar-refractivity contribution in [2.75, 3.05) is 0 Å². The van der Waals surface area contributed by atoms with E-state index in [4.69, 9.17) is 9.84 Å². The summed E-state index contributed by atoms with van der Waals surface area (Å²) in [7, 11) is 0. The van der Waals surface area contributed by atoms with Crippen LogP contribution >= 0.6 is 0 Å². The van der Waals surface area contributed by atoms with E-state index in [0.29, 0.717) is 24.4 Å². The van der Waals surface area contributed by atoms with Crippen LogP contribution in [0.5, 0.6) is 5.75 Å². The Morgan fingerprint density at radius 1 is 1.16 bits per heavy atom. The summed E-state index contributed by atoms with van der Waals surface area (Å²) in [5, 5.41) is 23.2. The third-order valence-electron chi connectivity index (χ3n) is 3.64. The number of para-hydroxylation sites is 1. The second-order valence-electron chi connectivity index (χ2n) is 6.05. The number of nitrogens with zero attached hydrogens (tertiary/aromatic N) is 1. The van der Waals surface area contributed by atoms with Crippen LogP contribution in [0.15, 0.2) is 48.5 Å². The summed E-state index contributed by atoms with van der Waals surface area (Å²) in [5.74, 6) is -0.572. The Balaban J connectivity index is 1.92. The normalized spacial score (nSPS) is 11.1. The van der Waals surface area contributed by atoms with Crippen LogP contribution in [0.25, 0.3) is 0 Å². The smallest absolute Gasteiger partial charge is 0.347 e. The first-order valence-corrected chi connectivity index (χ1v) is 7.74. The average molecular weight is 344 g/mol. The summed E-state index contributed by atoms with van der Waals surface area (Å²) < 4.78 is 5.44. The minimum Gasteiger partial charge on any atom is -0.478 e. The van der Waals surface area contributed by atoms with Crippen molar-refractivity contribution < 1.29 is 19.6 Å². The van der Waals surface area contributed by atoms with Gasteiger partial charge in [0.05, 0.1) is 4.92 Å². The highest BCUT2D eigenvalue weighted by Gasteiger charge is 2.29. The van der Waals surface area contributed by atoms with Crippen LogP contribution in [-0.4, -0.2) is 21.6 Å². The fourth-order valence-corrected chi connectivity index (χ4v) is 2.19. The van der Waals surface area contributed by atoms with E-state index in [1.807, 2.05) is 12.1 Å². The molecule has 0 fully saturated rings. The van der Waals surface area contributed by atoms with E-state index >= 15 is 0 Å². The van der Waals surface area contributed by atoms with E-state index in [0.717, 1.165) is 5.56 Å². The molecule has 2 rings (SSSR count). The van der Waals surface area contributed by atoms with E-state index in [2.05, 4.69) is 5.32 Å². The molecule has 0 unspecified atom stereocenters. The van der Waals surface area contributed by atoms with Crippen LogP contribution in [0, 0.1) is 10.1 Å². The lowest BCUT2D eigenvalue weighted by Crippen LogP contribution is -2.37. The molecule has 2 N–H and O–H groups in total. The quantitative estimate of drug-likeness (QED) is 0.563. The molecule has 2 aromatic rings. The first-order chi connectivity index (χ1) is 11.8. The van der Waals surface area contributed by atoms with Gasteiger partial charge in [-0.3, -0.25) is 10.1 Å². The lowest BCUT2D eigenvalue weighted by molar-refractivity contribution is -0.385. The van der Waals surface area contributed by atoms with E-state index in [-0.39, 0.29) is 5.69 Å². The van der Waals surface area contributed by atoms with Gasteiger partial charge in [0.1, 0.15) is 5.75 Å². The Bertz CT molecular complexity index is 756. The zero-order valence-electron chi connectivity index (χ0n) is 14.1. The number of nitrogens with one attached hydrogen (secondary N) is 1. The lowest BCUT2D eigenvalue weighted by atomic mass is 10.1. The second-order valence-corrected chi connectivity index (χ2v) is 6.05. The molecule has 7 heteroatoms. The Kier molecular flexibility index (Phi) is 5.71. The molecule has 0 bridgehead atoms.